The van der Waals surface area contributed by atoms with Gasteiger partial charge in [-0.2, -0.15) is 0 Å². The molecule has 3 aromatic rings. The molecule has 0 fully saturated rings. The second-order valence-corrected chi connectivity index (χ2v) is 5.44. The zero-order valence-corrected chi connectivity index (χ0v) is 12.1. The number of rotatable bonds is 3. The molecule has 2 aromatic carbocycles. The Morgan fingerprint density at radius 2 is 1.90 bits per heavy atom. The van der Waals surface area contributed by atoms with E-state index >= 15 is 0 Å². The van der Waals surface area contributed by atoms with Gasteiger partial charge in [-0.15, -0.1) is 0 Å². The van der Waals surface area contributed by atoms with E-state index in [4.69, 9.17) is 11.6 Å². The number of unbranched alkanes of at least 4 members (excludes halogenated alkanes) is 1. The predicted molar refractivity (Wildman–Crippen MR) is 85.7 cm³/mol. The van der Waals surface area contributed by atoms with Gasteiger partial charge in [-0.25, -0.2) is 0 Å². The molecule has 0 spiro atoms. The maximum atomic E-state index is 12.6. The Morgan fingerprint density at radius 3 is 2.70 bits per heavy atom. The van der Waals surface area contributed by atoms with E-state index in [0.29, 0.717) is 15.8 Å². The smallest absolute Gasteiger partial charge is 0.198 e. The summed E-state index contributed by atoms with van der Waals surface area (Å²) < 4.78 is 0. The summed E-state index contributed by atoms with van der Waals surface area (Å²) in [4.78, 5) is 15.9. The zero-order valence-electron chi connectivity index (χ0n) is 11.4. The number of aromatic nitrogens is 1. The van der Waals surface area contributed by atoms with Gasteiger partial charge in [0, 0.05) is 10.9 Å². The molecule has 0 aliphatic heterocycles. The van der Waals surface area contributed by atoms with Crippen LogP contribution in [0.1, 0.15) is 25.3 Å². The number of H-pyrrole nitrogens is 1. The molecule has 2 nitrogen and oxygen atoms in total. The number of benzene rings is 2. The number of halogens is 1. The first kappa shape index (κ1) is 13.2. The van der Waals surface area contributed by atoms with Crippen molar-refractivity contribution in [3.8, 4) is 0 Å². The van der Waals surface area contributed by atoms with Crippen molar-refractivity contribution >= 4 is 33.4 Å². The molecule has 3 rings (SSSR count). The van der Waals surface area contributed by atoms with Gasteiger partial charge >= 0.3 is 0 Å². The third kappa shape index (κ3) is 2.10. The van der Waals surface area contributed by atoms with Gasteiger partial charge < -0.3 is 4.98 Å². The molecule has 0 saturated heterocycles. The molecule has 102 valence electrons. The highest BCUT2D eigenvalue weighted by Crippen LogP contribution is 2.26. The number of fused-ring (bicyclic) bond motifs is 2. The standard InChI is InChI=1S/C17H16ClNO/c1-2-3-6-11-9-10-14-15(16(11)18)17(20)12-7-4-5-8-13(12)19-14/h4-5,7-10H,2-3,6H2,1H3,(H,19,20). The second-order valence-electron chi connectivity index (χ2n) is 5.06. The van der Waals surface area contributed by atoms with E-state index in [9.17, 15) is 4.79 Å². The van der Waals surface area contributed by atoms with E-state index < -0.39 is 0 Å². The first-order valence-corrected chi connectivity index (χ1v) is 7.32. The summed E-state index contributed by atoms with van der Waals surface area (Å²) in [6.07, 6.45) is 3.11. The van der Waals surface area contributed by atoms with Crippen molar-refractivity contribution in [1.82, 2.24) is 4.98 Å². The molecule has 0 aliphatic rings. The van der Waals surface area contributed by atoms with Crippen molar-refractivity contribution in [2.45, 2.75) is 26.2 Å². The number of pyridine rings is 1. The summed E-state index contributed by atoms with van der Waals surface area (Å²) >= 11 is 6.46. The molecule has 1 N–H and O–H groups in total. The fraction of sp³-hybridized carbons (Fsp3) is 0.235. The second kappa shape index (κ2) is 5.29. The largest absolute Gasteiger partial charge is 0.354 e. The normalized spacial score (nSPS) is 11.3. The monoisotopic (exact) mass is 285 g/mol. The van der Waals surface area contributed by atoms with E-state index in [2.05, 4.69) is 11.9 Å². The van der Waals surface area contributed by atoms with E-state index in [1.165, 1.54) is 0 Å². The third-order valence-electron chi connectivity index (χ3n) is 3.69. The molecule has 0 atom stereocenters. The average Bonchev–Trinajstić information content (AvgIpc) is 2.47. The first-order valence-electron chi connectivity index (χ1n) is 6.94. The Kier molecular flexibility index (Phi) is 3.49. The minimum Gasteiger partial charge on any atom is -0.354 e. The molecular weight excluding hydrogens is 270 g/mol. The zero-order chi connectivity index (χ0) is 14.1. The topological polar surface area (TPSA) is 32.9 Å². The number of hydrogen-bond donors (Lipinski definition) is 1. The van der Waals surface area contributed by atoms with Crippen LogP contribution >= 0.6 is 11.6 Å². The average molecular weight is 286 g/mol. The molecule has 0 aliphatic carbocycles. The lowest BCUT2D eigenvalue weighted by Gasteiger charge is -2.08. The van der Waals surface area contributed by atoms with E-state index in [-0.39, 0.29) is 5.43 Å². The number of para-hydroxylation sites is 1. The molecule has 1 heterocycles. The van der Waals surface area contributed by atoms with Crippen LogP contribution in [-0.2, 0) is 6.42 Å². The van der Waals surface area contributed by atoms with Crippen LogP contribution in [-0.4, -0.2) is 4.98 Å². The molecule has 0 radical (unpaired) electrons. The molecule has 0 unspecified atom stereocenters. The van der Waals surface area contributed by atoms with E-state index in [0.717, 1.165) is 35.9 Å². The molecule has 1 aromatic heterocycles. The lowest BCUT2D eigenvalue weighted by molar-refractivity contribution is 0.796. The van der Waals surface area contributed by atoms with Gasteiger partial charge in [-0.05, 0) is 36.6 Å². The number of hydrogen-bond acceptors (Lipinski definition) is 1. The Morgan fingerprint density at radius 1 is 1.10 bits per heavy atom. The van der Waals surface area contributed by atoms with Gasteiger partial charge in [0.15, 0.2) is 5.43 Å². The molecule has 0 amide bonds. The Balaban J connectivity index is 2.33. The van der Waals surface area contributed by atoms with Gasteiger partial charge in [-0.3, -0.25) is 4.79 Å². The maximum Gasteiger partial charge on any atom is 0.198 e. The Bertz CT molecular complexity index is 835. The predicted octanol–water partition coefficient (Wildman–Crippen LogP) is 4.68. The van der Waals surface area contributed by atoms with Crippen molar-refractivity contribution in [1.29, 1.82) is 0 Å². The van der Waals surface area contributed by atoms with Crippen LogP contribution in [0, 0.1) is 0 Å². The number of nitrogens with one attached hydrogen (secondary N) is 1. The van der Waals surface area contributed by atoms with Crippen LogP contribution in [0.15, 0.2) is 41.2 Å². The Labute approximate surface area is 122 Å². The highest BCUT2D eigenvalue weighted by atomic mass is 35.5. The van der Waals surface area contributed by atoms with Crippen LogP contribution in [0.2, 0.25) is 5.02 Å². The molecule has 3 heteroatoms. The Hall–Kier alpha value is -1.80. The quantitative estimate of drug-likeness (QED) is 0.697. The summed E-state index contributed by atoms with van der Waals surface area (Å²) in [5, 5.41) is 1.90. The summed E-state index contributed by atoms with van der Waals surface area (Å²) in [7, 11) is 0. The maximum absolute atomic E-state index is 12.6. The lowest BCUT2D eigenvalue weighted by atomic mass is 10.0. The van der Waals surface area contributed by atoms with Crippen LogP contribution in [0.3, 0.4) is 0 Å². The third-order valence-corrected chi connectivity index (χ3v) is 4.12. The highest BCUT2D eigenvalue weighted by molar-refractivity contribution is 6.36. The first-order chi connectivity index (χ1) is 9.72. The van der Waals surface area contributed by atoms with Crippen molar-refractivity contribution < 1.29 is 0 Å². The van der Waals surface area contributed by atoms with Crippen molar-refractivity contribution in [2.75, 3.05) is 0 Å². The van der Waals surface area contributed by atoms with Crippen LogP contribution < -0.4 is 5.43 Å². The number of aryl methyl sites for hydroxylation is 1. The number of aromatic amines is 1. The minimum absolute atomic E-state index is 0.0118. The van der Waals surface area contributed by atoms with Gasteiger partial charge in [0.1, 0.15) is 0 Å². The molecular formula is C17H16ClNO. The van der Waals surface area contributed by atoms with Gasteiger partial charge in [0.05, 0.1) is 15.9 Å². The van der Waals surface area contributed by atoms with E-state index in [1.54, 1.807) is 0 Å². The molecule has 20 heavy (non-hydrogen) atoms. The van der Waals surface area contributed by atoms with Crippen molar-refractivity contribution in [2.24, 2.45) is 0 Å². The van der Waals surface area contributed by atoms with Crippen molar-refractivity contribution in [3.63, 3.8) is 0 Å². The lowest BCUT2D eigenvalue weighted by Crippen LogP contribution is -2.05. The van der Waals surface area contributed by atoms with Gasteiger partial charge in [-0.1, -0.05) is 43.1 Å². The van der Waals surface area contributed by atoms with Crippen LogP contribution in [0.4, 0.5) is 0 Å². The molecule has 0 bridgehead atoms. The summed E-state index contributed by atoms with van der Waals surface area (Å²) in [6.45, 7) is 2.15. The summed E-state index contributed by atoms with van der Waals surface area (Å²) in [6, 6.07) is 11.5. The minimum atomic E-state index is 0.0118. The fourth-order valence-electron chi connectivity index (χ4n) is 2.58. The molecule has 0 saturated carbocycles. The van der Waals surface area contributed by atoms with Gasteiger partial charge in [0.2, 0.25) is 0 Å². The van der Waals surface area contributed by atoms with Crippen LogP contribution in [0.5, 0.6) is 0 Å². The summed E-state index contributed by atoms with van der Waals surface area (Å²) in [5.74, 6) is 0. The summed E-state index contributed by atoms with van der Waals surface area (Å²) in [5.41, 5.74) is 2.72. The van der Waals surface area contributed by atoms with Crippen LogP contribution in [0.25, 0.3) is 21.8 Å². The SMILES string of the molecule is CCCCc1ccc2[nH]c3ccccc3c(=O)c2c1Cl. The fourth-order valence-corrected chi connectivity index (χ4v) is 2.92. The van der Waals surface area contributed by atoms with Gasteiger partial charge in [0.25, 0.3) is 0 Å². The van der Waals surface area contributed by atoms with Crippen molar-refractivity contribution in [3.05, 3.63) is 57.2 Å². The highest BCUT2D eigenvalue weighted by Gasteiger charge is 2.11. The van der Waals surface area contributed by atoms with E-state index in [1.807, 2.05) is 36.4 Å².